The van der Waals surface area contributed by atoms with Crippen LogP contribution in [0, 0.1) is 5.41 Å². The molecule has 2 aliphatic rings. The largest absolute Gasteiger partial charge is 0.363 e. The summed E-state index contributed by atoms with van der Waals surface area (Å²) in [7, 11) is 2.00. The first kappa shape index (κ1) is 18.4. The summed E-state index contributed by atoms with van der Waals surface area (Å²) in [5.41, 5.74) is 2.37. The molecular formula is C23H25N3O2. The SMILES string of the molecule is CC(=O)N=C1[C@@H]2N(C)c3ccccc3[C@H](C)C[C@]2(C)C(=O)N1c1ccccc1. The Morgan fingerprint density at radius 2 is 1.75 bits per heavy atom. The number of hydrogen-bond acceptors (Lipinski definition) is 3. The van der Waals surface area contributed by atoms with Gasteiger partial charge in [-0.3, -0.25) is 14.5 Å². The molecular weight excluding hydrogens is 350 g/mol. The van der Waals surface area contributed by atoms with Crippen LogP contribution >= 0.6 is 0 Å². The lowest BCUT2D eigenvalue weighted by Crippen LogP contribution is -2.47. The van der Waals surface area contributed by atoms with Crippen molar-refractivity contribution in [3.8, 4) is 0 Å². The topological polar surface area (TPSA) is 53.0 Å². The molecule has 5 heteroatoms. The predicted octanol–water partition coefficient (Wildman–Crippen LogP) is 4.00. The second kappa shape index (κ2) is 6.59. The van der Waals surface area contributed by atoms with Crippen LogP contribution in [0.1, 0.15) is 38.7 Å². The number of nitrogens with zero attached hydrogens (tertiary/aromatic N) is 3. The smallest absolute Gasteiger partial charge is 0.244 e. The minimum absolute atomic E-state index is 0.00444. The standard InChI is InChI=1S/C23H25N3O2/c1-15-14-23(3)20(25(4)19-13-9-8-12-18(15)19)21(24-16(2)27)26(22(23)28)17-10-6-5-7-11-17/h5-13,15,20H,14H2,1-4H3/t15-,20+,23+/m1/s1. The summed E-state index contributed by atoms with van der Waals surface area (Å²) in [4.78, 5) is 33.9. The van der Waals surface area contributed by atoms with Crippen molar-refractivity contribution in [2.45, 2.75) is 39.2 Å². The Bertz CT molecular complexity index is 969. The van der Waals surface area contributed by atoms with Gasteiger partial charge >= 0.3 is 0 Å². The Morgan fingerprint density at radius 3 is 2.43 bits per heavy atom. The van der Waals surface area contributed by atoms with Gasteiger partial charge in [-0.2, -0.15) is 4.99 Å². The van der Waals surface area contributed by atoms with E-state index in [0.717, 1.165) is 11.4 Å². The molecule has 0 saturated carbocycles. The molecule has 0 radical (unpaired) electrons. The first-order valence-corrected chi connectivity index (χ1v) is 9.65. The molecule has 0 spiro atoms. The molecule has 3 atom stereocenters. The molecule has 2 amide bonds. The summed E-state index contributed by atoms with van der Waals surface area (Å²) >= 11 is 0. The number of benzene rings is 2. The lowest BCUT2D eigenvalue weighted by atomic mass is 9.76. The van der Waals surface area contributed by atoms with Gasteiger partial charge in [0.15, 0.2) is 0 Å². The van der Waals surface area contributed by atoms with Crippen LogP contribution in [0.15, 0.2) is 59.6 Å². The van der Waals surface area contributed by atoms with Gasteiger partial charge in [0.1, 0.15) is 11.9 Å². The van der Waals surface area contributed by atoms with Crippen LogP contribution in [0.5, 0.6) is 0 Å². The minimum Gasteiger partial charge on any atom is -0.363 e. The van der Waals surface area contributed by atoms with E-state index in [4.69, 9.17) is 0 Å². The van der Waals surface area contributed by atoms with E-state index < -0.39 is 5.41 Å². The molecule has 0 aliphatic carbocycles. The van der Waals surface area contributed by atoms with Crippen molar-refractivity contribution in [1.82, 2.24) is 0 Å². The fraction of sp³-hybridized carbons (Fsp3) is 0.348. The van der Waals surface area contributed by atoms with Crippen molar-refractivity contribution in [3.05, 3.63) is 60.2 Å². The summed E-state index contributed by atoms with van der Waals surface area (Å²) in [5, 5.41) is 0. The molecule has 2 aromatic rings. The number of amides is 2. The maximum absolute atomic E-state index is 13.8. The van der Waals surface area contributed by atoms with E-state index in [-0.39, 0.29) is 23.8 Å². The van der Waals surface area contributed by atoms with E-state index in [1.165, 1.54) is 12.5 Å². The van der Waals surface area contributed by atoms with Gasteiger partial charge < -0.3 is 4.90 Å². The zero-order valence-corrected chi connectivity index (χ0v) is 16.7. The Morgan fingerprint density at radius 1 is 1.11 bits per heavy atom. The lowest BCUT2D eigenvalue weighted by molar-refractivity contribution is -0.125. The second-order valence-electron chi connectivity index (χ2n) is 8.06. The Balaban J connectivity index is 1.95. The van der Waals surface area contributed by atoms with Gasteiger partial charge in [0, 0.05) is 19.7 Å². The normalized spacial score (nSPS) is 28.1. The monoisotopic (exact) mass is 375 g/mol. The van der Waals surface area contributed by atoms with Gasteiger partial charge in [0.2, 0.25) is 11.8 Å². The predicted molar refractivity (Wildman–Crippen MR) is 112 cm³/mol. The summed E-state index contributed by atoms with van der Waals surface area (Å²) in [6.45, 7) is 5.61. The molecule has 144 valence electrons. The first-order valence-electron chi connectivity index (χ1n) is 9.65. The average Bonchev–Trinajstić information content (AvgIpc) is 2.82. The van der Waals surface area contributed by atoms with E-state index in [0.29, 0.717) is 12.3 Å². The Hall–Kier alpha value is -2.95. The van der Waals surface area contributed by atoms with Crippen molar-refractivity contribution >= 4 is 29.0 Å². The minimum atomic E-state index is -0.683. The molecule has 0 bridgehead atoms. The van der Waals surface area contributed by atoms with Crippen molar-refractivity contribution in [3.63, 3.8) is 0 Å². The number of amidine groups is 1. The van der Waals surface area contributed by atoms with Gasteiger partial charge in [0.25, 0.3) is 0 Å². The molecule has 0 N–H and O–H groups in total. The maximum atomic E-state index is 13.8. The summed E-state index contributed by atoms with van der Waals surface area (Å²) in [6, 6.07) is 17.4. The highest BCUT2D eigenvalue weighted by molar-refractivity contribution is 6.29. The van der Waals surface area contributed by atoms with Gasteiger partial charge in [-0.1, -0.05) is 43.3 Å². The van der Waals surface area contributed by atoms with E-state index in [9.17, 15) is 9.59 Å². The number of hydrogen-bond donors (Lipinski definition) is 0. The number of rotatable bonds is 1. The number of carbonyl (C=O) groups is 2. The third-order valence-corrected chi connectivity index (χ3v) is 6.02. The molecule has 0 unspecified atom stereocenters. The molecule has 28 heavy (non-hydrogen) atoms. The van der Waals surface area contributed by atoms with Crippen LogP contribution < -0.4 is 9.80 Å². The molecule has 1 saturated heterocycles. The van der Waals surface area contributed by atoms with Crippen molar-refractivity contribution < 1.29 is 9.59 Å². The van der Waals surface area contributed by atoms with Gasteiger partial charge in [-0.15, -0.1) is 0 Å². The highest BCUT2D eigenvalue weighted by Crippen LogP contribution is 2.50. The molecule has 2 aromatic carbocycles. The van der Waals surface area contributed by atoms with Gasteiger partial charge in [0.05, 0.1) is 11.1 Å². The average molecular weight is 375 g/mol. The van der Waals surface area contributed by atoms with Crippen LogP contribution in [0.2, 0.25) is 0 Å². The number of likely N-dealkylation sites (N-methyl/N-ethyl adjacent to an activating group) is 1. The number of fused-ring (bicyclic) bond motifs is 2. The number of para-hydroxylation sites is 2. The second-order valence-corrected chi connectivity index (χ2v) is 8.06. The molecule has 1 fully saturated rings. The highest BCUT2D eigenvalue weighted by Gasteiger charge is 2.59. The number of aliphatic imine (C=N–C) groups is 1. The molecule has 2 heterocycles. The third kappa shape index (κ3) is 2.65. The Labute approximate surface area is 165 Å². The lowest BCUT2D eigenvalue weighted by Gasteiger charge is -2.34. The van der Waals surface area contributed by atoms with Crippen molar-refractivity contribution in [2.75, 3.05) is 16.8 Å². The van der Waals surface area contributed by atoms with Crippen LogP contribution in [0.3, 0.4) is 0 Å². The van der Waals surface area contributed by atoms with Crippen LogP contribution in [-0.2, 0) is 9.59 Å². The van der Waals surface area contributed by atoms with Crippen LogP contribution in [-0.4, -0.2) is 30.7 Å². The maximum Gasteiger partial charge on any atom is 0.244 e. The summed E-state index contributed by atoms with van der Waals surface area (Å²) in [5.74, 6) is 0.423. The van der Waals surface area contributed by atoms with Gasteiger partial charge in [-0.05, 0) is 43.0 Å². The fourth-order valence-electron chi connectivity index (χ4n) is 4.89. The van der Waals surface area contributed by atoms with Crippen molar-refractivity contribution in [1.29, 1.82) is 0 Å². The van der Waals surface area contributed by atoms with E-state index in [2.05, 4.69) is 28.9 Å². The van der Waals surface area contributed by atoms with E-state index in [1.54, 1.807) is 4.90 Å². The highest BCUT2D eigenvalue weighted by atomic mass is 16.2. The number of carbonyl (C=O) groups excluding carboxylic acids is 2. The zero-order chi connectivity index (χ0) is 20.1. The fourth-order valence-corrected chi connectivity index (χ4v) is 4.89. The third-order valence-electron chi connectivity index (χ3n) is 6.02. The van der Waals surface area contributed by atoms with Crippen LogP contribution in [0.25, 0.3) is 0 Å². The quantitative estimate of drug-likeness (QED) is 0.757. The van der Waals surface area contributed by atoms with E-state index in [1.807, 2.05) is 56.4 Å². The molecule has 0 aromatic heterocycles. The number of anilines is 2. The summed E-state index contributed by atoms with van der Waals surface area (Å²) in [6.07, 6.45) is 0.693. The molecule has 2 aliphatic heterocycles. The van der Waals surface area contributed by atoms with Crippen molar-refractivity contribution in [2.24, 2.45) is 10.4 Å². The Kier molecular flexibility index (Phi) is 4.33. The van der Waals surface area contributed by atoms with Crippen LogP contribution in [0.4, 0.5) is 11.4 Å². The molecule has 4 rings (SSSR count). The van der Waals surface area contributed by atoms with Gasteiger partial charge in [-0.25, -0.2) is 0 Å². The summed E-state index contributed by atoms with van der Waals surface area (Å²) < 4.78 is 0. The zero-order valence-electron chi connectivity index (χ0n) is 16.7. The molecule has 5 nitrogen and oxygen atoms in total. The first-order chi connectivity index (χ1) is 13.3. The van der Waals surface area contributed by atoms with E-state index >= 15 is 0 Å².